The lowest BCUT2D eigenvalue weighted by Crippen LogP contribution is -2.59. The maximum absolute atomic E-state index is 13.2. The Balaban J connectivity index is 1.66. The Morgan fingerprint density at radius 3 is 2.54 bits per heavy atom. The number of hydrogen-bond acceptors (Lipinski definition) is 7. The average Bonchev–Trinajstić information content (AvgIpc) is 2.97. The van der Waals surface area contributed by atoms with Crippen molar-refractivity contribution in [3.8, 4) is 0 Å². The van der Waals surface area contributed by atoms with Crippen LogP contribution in [0.15, 0.2) is 27.5 Å². The minimum atomic E-state index is -3.67. The van der Waals surface area contributed by atoms with Crippen molar-refractivity contribution in [3.63, 3.8) is 0 Å². The average molecular weight is 408 g/mol. The zero-order valence-electron chi connectivity index (χ0n) is 16.2. The van der Waals surface area contributed by atoms with Crippen molar-refractivity contribution >= 4 is 27.0 Å². The lowest BCUT2D eigenvalue weighted by atomic mass is 10.1. The number of fused-ring (bicyclic) bond motifs is 3. The van der Waals surface area contributed by atoms with E-state index >= 15 is 0 Å². The second-order valence-electron chi connectivity index (χ2n) is 7.36. The van der Waals surface area contributed by atoms with Crippen LogP contribution in [0.1, 0.15) is 23.0 Å². The molecule has 2 fully saturated rings. The van der Waals surface area contributed by atoms with E-state index in [1.165, 1.54) is 10.4 Å². The standard InChI is InChI=1S/C19H24N2O6S/c1-4-25-19(22)18-12(2)16-7-15(5-6-17(16)27-18)28(23,24)21-10-13-8-20(3)9-14(11-21)26-13/h5-7,13-14H,4,8-11H2,1-3H3/t13-,14+. The van der Waals surface area contributed by atoms with Crippen LogP contribution >= 0.6 is 0 Å². The number of aryl methyl sites for hydroxylation is 1. The number of rotatable bonds is 4. The number of carbonyl (C=O) groups excluding carboxylic acids is 1. The monoisotopic (exact) mass is 408 g/mol. The number of carbonyl (C=O) groups is 1. The summed E-state index contributed by atoms with van der Waals surface area (Å²) in [7, 11) is -1.66. The number of hydrogen-bond donors (Lipinski definition) is 0. The first-order valence-electron chi connectivity index (χ1n) is 9.34. The summed E-state index contributed by atoms with van der Waals surface area (Å²) in [6.07, 6.45) is -0.246. The first-order chi connectivity index (χ1) is 13.3. The van der Waals surface area contributed by atoms with E-state index in [1.54, 1.807) is 26.0 Å². The topological polar surface area (TPSA) is 89.3 Å². The van der Waals surface area contributed by atoms with Gasteiger partial charge in [0, 0.05) is 37.1 Å². The minimum Gasteiger partial charge on any atom is -0.460 e. The Labute approximate surface area is 164 Å². The third-order valence-corrected chi connectivity index (χ3v) is 7.06. The third kappa shape index (κ3) is 3.32. The first kappa shape index (κ1) is 19.4. The normalized spacial score (nSPS) is 23.8. The maximum atomic E-state index is 13.2. The van der Waals surface area contributed by atoms with Crippen molar-refractivity contribution in [2.24, 2.45) is 0 Å². The number of sulfonamides is 1. The zero-order valence-corrected chi connectivity index (χ0v) is 17.0. The summed E-state index contributed by atoms with van der Waals surface area (Å²) in [6.45, 7) is 5.78. The van der Waals surface area contributed by atoms with Gasteiger partial charge in [-0.05, 0) is 39.1 Å². The molecule has 0 radical (unpaired) electrons. The molecule has 8 nitrogen and oxygen atoms in total. The number of likely N-dealkylation sites (N-methyl/N-ethyl adjacent to an activating group) is 1. The lowest BCUT2D eigenvalue weighted by molar-refractivity contribution is -0.116. The Bertz CT molecular complexity index is 997. The lowest BCUT2D eigenvalue weighted by Gasteiger charge is -2.44. The van der Waals surface area contributed by atoms with Crippen molar-refractivity contribution in [1.82, 2.24) is 9.21 Å². The van der Waals surface area contributed by atoms with Crippen LogP contribution in [-0.2, 0) is 19.5 Å². The van der Waals surface area contributed by atoms with Crippen molar-refractivity contribution in [1.29, 1.82) is 0 Å². The van der Waals surface area contributed by atoms with E-state index in [2.05, 4.69) is 4.90 Å². The highest BCUT2D eigenvalue weighted by Crippen LogP contribution is 2.30. The van der Waals surface area contributed by atoms with Gasteiger partial charge in [0.2, 0.25) is 15.8 Å². The Morgan fingerprint density at radius 2 is 1.89 bits per heavy atom. The third-order valence-electron chi connectivity index (χ3n) is 5.24. The quantitative estimate of drug-likeness (QED) is 0.710. The summed E-state index contributed by atoms with van der Waals surface area (Å²) in [6, 6.07) is 4.68. The highest BCUT2D eigenvalue weighted by molar-refractivity contribution is 7.89. The van der Waals surface area contributed by atoms with Gasteiger partial charge in [-0.3, -0.25) is 0 Å². The summed E-state index contributed by atoms with van der Waals surface area (Å²) >= 11 is 0. The molecule has 152 valence electrons. The Hall–Kier alpha value is -1.94. The molecule has 2 aliphatic heterocycles. The van der Waals surface area contributed by atoms with Gasteiger partial charge in [-0.15, -0.1) is 0 Å². The van der Waals surface area contributed by atoms with Gasteiger partial charge in [-0.25, -0.2) is 13.2 Å². The SMILES string of the molecule is CCOC(=O)c1oc2ccc(S(=O)(=O)N3C[C@H]4CN(C)C[C@@H](C3)O4)cc2c1C. The molecule has 2 saturated heterocycles. The smallest absolute Gasteiger partial charge is 0.374 e. The van der Waals surface area contributed by atoms with Crippen LogP contribution in [0.4, 0.5) is 0 Å². The molecule has 1 aromatic heterocycles. The molecule has 3 heterocycles. The van der Waals surface area contributed by atoms with Crippen LogP contribution in [0.3, 0.4) is 0 Å². The maximum Gasteiger partial charge on any atom is 0.374 e. The molecule has 0 amide bonds. The number of nitrogens with zero attached hydrogens (tertiary/aromatic N) is 2. The van der Waals surface area contributed by atoms with Gasteiger partial charge in [-0.2, -0.15) is 4.31 Å². The molecule has 4 rings (SSSR count). The molecule has 2 aromatic rings. The zero-order chi connectivity index (χ0) is 20.1. The van der Waals surface area contributed by atoms with Crippen molar-refractivity contribution in [2.75, 3.05) is 39.8 Å². The second kappa shape index (κ2) is 7.14. The van der Waals surface area contributed by atoms with Crippen LogP contribution in [0.5, 0.6) is 0 Å². The van der Waals surface area contributed by atoms with Gasteiger partial charge in [0.1, 0.15) is 5.58 Å². The second-order valence-corrected chi connectivity index (χ2v) is 9.30. The van der Waals surface area contributed by atoms with Crippen LogP contribution in [0.25, 0.3) is 11.0 Å². The van der Waals surface area contributed by atoms with Crippen molar-refractivity contribution in [3.05, 3.63) is 29.5 Å². The van der Waals surface area contributed by atoms with Gasteiger partial charge < -0.3 is 18.8 Å². The highest BCUT2D eigenvalue weighted by Gasteiger charge is 2.39. The number of morpholine rings is 2. The summed E-state index contributed by atoms with van der Waals surface area (Å²) in [5.74, 6) is -0.443. The summed E-state index contributed by atoms with van der Waals surface area (Å²) in [4.78, 5) is 14.4. The fraction of sp³-hybridized carbons (Fsp3) is 0.526. The Morgan fingerprint density at radius 1 is 1.21 bits per heavy atom. The molecular formula is C19H24N2O6S. The number of furan rings is 1. The molecule has 9 heteroatoms. The van der Waals surface area contributed by atoms with E-state index in [1.807, 2.05) is 7.05 Å². The van der Waals surface area contributed by atoms with Gasteiger partial charge in [-0.1, -0.05) is 0 Å². The first-order valence-corrected chi connectivity index (χ1v) is 10.8. The van der Waals surface area contributed by atoms with Crippen LogP contribution in [0.2, 0.25) is 0 Å². The predicted octanol–water partition coefficient (Wildman–Crippen LogP) is 1.62. The van der Waals surface area contributed by atoms with E-state index in [0.717, 1.165) is 0 Å². The fourth-order valence-corrected chi connectivity index (χ4v) is 5.49. The molecule has 0 saturated carbocycles. The van der Waals surface area contributed by atoms with E-state index in [4.69, 9.17) is 13.9 Å². The van der Waals surface area contributed by atoms with E-state index in [9.17, 15) is 13.2 Å². The van der Waals surface area contributed by atoms with Crippen molar-refractivity contribution < 1.29 is 27.1 Å². The van der Waals surface area contributed by atoms with Gasteiger partial charge in [0.25, 0.3) is 0 Å². The van der Waals surface area contributed by atoms with Gasteiger partial charge in [0.15, 0.2) is 0 Å². The predicted molar refractivity (Wildman–Crippen MR) is 102 cm³/mol. The van der Waals surface area contributed by atoms with Gasteiger partial charge in [0.05, 0.1) is 23.7 Å². The molecule has 0 spiro atoms. The van der Waals surface area contributed by atoms with Crippen LogP contribution in [0, 0.1) is 6.92 Å². The minimum absolute atomic E-state index is 0.107. The van der Waals surface area contributed by atoms with Gasteiger partial charge >= 0.3 is 5.97 Å². The van der Waals surface area contributed by atoms with Crippen molar-refractivity contribution in [2.45, 2.75) is 31.0 Å². The summed E-state index contributed by atoms with van der Waals surface area (Å²) in [5.41, 5.74) is 1.03. The van der Waals surface area contributed by atoms with E-state index in [0.29, 0.717) is 42.7 Å². The number of benzene rings is 1. The summed E-state index contributed by atoms with van der Waals surface area (Å²) < 4.78 is 44.4. The van der Waals surface area contributed by atoms with E-state index in [-0.39, 0.29) is 29.5 Å². The number of ether oxygens (including phenoxy) is 2. The molecule has 2 aliphatic rings. The largest absolute Gasteiger partial charge is 0.460 e. The molecule has 0 unspecified atom stereocenters. The molecule has 0 aliphatic carbocycles. The number of esters is 1. The molecule has 2 bridgehead atoms. The van der Waals surface area contributed by atoms with Crippen LogP contribution in [-0.4, -0.2) is 75.6 Å². The fourth-order valence-electron chi connectivity index (χ4n) is 3.96. The summed E-state index contributed by atoms with van der Waals surface area (Å²) in [5, 5.41) is 0.595. The van der Waals surface area contributed by atoms with Crippen LogP contribution < -0.4 is 0 Å². The highest BCUT2D eigenvalue weighted by atomic mass is 32.2. The molecule has 1 aromatic carbocycles. The van der Waals surface area contributed by atoms with E-state index < -0.39 is 16.0 Å². The molecule has 0 N–H and O–H groups in total. The molecular weight excluding hydrogens is 384 g/mol. The molecule has 28 heavy (non-hydrogen) atoms. The molecule has 2 atom stereocenters. The Kier molecular flexibility index (Phi) is 4.95.